The summed E-state index contributed by atoms with van der Waals surface area (Å²) in [7, 11) is 0. The Morgan fingerprint density at radius 2 is 1.90 bits per heavy atom. The second-order valence-electron chi connectivity index (χ2n) is 5.92. The lowest BCUT2D eigenvalue weighted by molar-refractivity contribution is -0.145. The van der Waals surface area contributed by atoms with Gasteiger partial charge in [0.05, 0.1) is 13.0 Å². The van der Waals surface area contributed by atoms with Gasteiger partial charge in [-0.2, -0.15) is 4.80 Å². The maximum atomic E-state index is 12.1. The summed E-state index contributed by atoms with van der Waals surface area (Å²) in [6.45, 7) is 6.12. The van der Waals surface area contributed by atoms with E-state index in [0.717, 1.165) is 0 Å². The molecule has 1 aromatic rings. The first kappa shape index (κ1) is 14.5. The lowest BCUT2D eigenvalue weighted by atomic mass is 9.70. The SMILES string of the molecule is CCn1nnc(CC(=O)C2C(=O)CC(C)(C)CC2=O)n1. The molecule has 0 spiro atoms. The number of Topliss-reactive ketones (excluding diaryl/α,β-unsaturated/α-hetero) is 3. The van der Waals surface area contributed by atoms with Crippen LogP contribution in [0.3, 0.4) is 0 Å². The summed E-state index contributed by atoms with van der Waals surface area (Å²) >= 11 is 0. The smallest absolute Gasteiger partial charge is 0.182 e. The van der Waals surface area contributed by atoms with Crippen LogP contribution in [0.2, 0.25) is 0 Å². The second-order valence-corrected chi connectivity index (χ2v) is 5.92. The summed E-state index contributed by atoms with van der Waals surface area (Å²) in [5.74, 6) is -1.90. The van der Waals surface area contributed by atoms with Gasteiger partial charge in [0.1, 0.15) is 5.92 Å². The first-order valence-electron chi connectivity index (χ1n) is 6.67. The van der Waals surface area contributed by atoms with Gasteiger partial charge in [0.2, 0.25) is 0 Å². The number of hydrogen-bond acceptors (Lipinski definition) is 6. The van der Waals surface area contributed by atoms with Gasteiger partial charge in [-0.25, -0.2) is 0 Å². The van der Waals surface area contributed by atoms with Crippen molar-refractivity contribution in [3.63, 3.8) is 0 Å². The Kier molecular flexibility index (Phi) is 3.78. The summed E-state index contributed by atoms with van der Waals surface area (Å²) in [5, 5.41) is 11.5. The fourth-order valence-electron chi connectivity index (χ4n) is 2.49. The molecule has 7 nitrogen and oxygen atoms in total. The number of aryl methyl sites for hydroxylation is 1. The fourth-order valence-corrected chi connectivity index (χ4v) is 2.49. The zero-order chi connectivity index (χ0) is 14.9. The Balaban J connectivity index is 2.09. The third-order valence-electron chi connectivity index (χ3n) is 3.38. The van der Waals surface area contributed by atoms with Gasteiger partial charge in [-0.15, -0.1) is 10.2 Å². The Labute approximate surface area is 116 Å². The molecule has 2 rings (SSSR count). The van der Waals surface area contributed by atoms with Crippen LogP contribution in [0.1, 0.15) is 39.4 Å². The van der Waals surface area contributed by atoms with Crippen LogP contribution < -0.4 is 0 Å². The highest BCUT2D eigenvalue weighted by Gasteiger charge is 2.43. The first-order chi connectivity index (χ1) is 9.32. The maximum absolute atomic E-state index is 12.1. The van der Waals surface area contributed by atoms with Gasteiger partial charge < -0.3 is 0 Å². The van der Waals surface area contributed by atoms with Crippen LogP contribution >= 0.6 is 0 Å². The highest BCUT2D eigenvalue weighted by Crippen LogP contribution is 2.34. The van der Waals surface area contributed by atoms with Crippen molar-refractivity contribution >= 4 is 17.3 Å². The van der Waals surface area contributed by atoms with Gasteiger partial charge in [0, 0.05) is 12.8 Å². The number of tetrazole rings is 1. The molecule has 0 bridgehead atoms. The molecule has 1 aliphatic carbocycles. The molecule has 0 amide bonds. The van der Waals surface area contributed by atoms with Crippen LogP contribution in [0.4, 0.5) is 0 Å². The number of rotatable bonds is 4. The molecule has 0 saturated heterocycles. The summed E-state index contributed by atoms with van der Waals surface area (Å²) in [4.78, 5) is 37.5. The lowest BCUT2D eigenvalue weighted by Gasteiger charge is -2.31. The van der Waals surface area contributed by atoms with Crippen molar-refractivity contribution in [2.75, 3.05) is 0 Å². The number of aromatic nitrogens is 4. The molecule has 0 atom stereocenters. The number of carbonyl (C=O) groups is 3. The molecule has 1 aromatic heterocycles. The molecule has 0 aromatic carbocycles. The molecular formula is C13H18N4O3. The Hall–Kier alpha value is -1.92. The molecule has 1 fully saturated rings. The molecule has 1 saturated carbocycles. The van der Waals surface area contributed by atoms with Gasteiger partial charge in [-0.3, -0.25) is 14.4 Å². The van der Waals surface area contributed by atoms with E-state index in [1.165, 1.54) is 4.80 Å². The van der Waals surface area contributed by atoms with Crippen molar-refractivity contribution < 1.29 is 14.4 Å². The second kappa shape index (κ2) is 5.22. The first-order valence-corrected chi connectivity index (χ1v) is 6.67. The van der Waals surface area contributed by atoms with Crippen molar-refractivity contribution in [3.05, 3.63) is 5.82 Å². The van der Waals surface area contributed by atoms with Crippen LogP contribution in [-0.4, -0.2) is 37.6 Å². The molecule has 1 aliphatic rings. The Morgan fingerprint density at radius 3 is 2.40 bits per heavy atom. The number of hydrogen-bond donors (Lipinski definition) is 0. The minimum absolute atomic E-state index is 0.122. The molecule has 0 aliphatic heterocycles. The van der Waals surface area contributed by atoms with Crippen molar-refractivity contribution in [2.45, 2.75) is 46.6 Å². The van der Waals surface area contributed by atoms with E-state index in [9.17, 15) is 14.4 Å². The molecule has 108 valence electrons. The summed E-state index contributed by atoms with van der Waals surface area (Å²) in [6, 6.07) is 0. The molecule has 0 N–H and O–H groups in total. The summed E-state index contributed by atoms with van der Waals surface area (Å²) < 4.78 is 0. The van der Waals surface area contributed by atoms with E-state index in [2.05, 4.69) is 15.4 Å². The molecule has 7 heteroatoms. The van der Waals surface area contributed by atoms with E-state index in [0.29, 0.717) is 6.54 Å². The third-order valence-corrected chi connectivity index (χ3v) is 3.38. The van der Waals surface area contributed by atoms with Crippen molar-refractivity contribution in [1.82, 2.24) is 20.2 Å². The molecule has 1 heterocycles. The summed E-state index contributed by atoms with van der Waals surface area (Å²) in [5.41, 5.74) is -0.353. The monoisotopic (exact) mass is 278 g/mol. The van der Waals surface area contributed by atoms with Gasteiger partial charge in [-0.1, -0.05) is 13.8 Å². The predicted molar refractivity (Wildman–Crippen MR) is 68.7 cm³/mol. The maximum Gasteiger partial charge on any atom is 0.182 e. The van der Waals surface area contributed by atoms with Gasteiger partial charge in [-0.05, 0) is 17.6 Å². The largest absolute Gasteiger partial charge is 0.298 e. The van der Waals surface area contributed by atoms with Crippen LogP contribution in [0.15, 0.2) is 0 Å². The quantitative estimate of drug-likeness (QED) is 0.739. The minimum atomic E-state index is -1.14. The molecule has 0 unspecified atom stereocenters. The van der Waals surface area contributed by atoms with E-state index < -0.39 is 11.7 Å². The van der Waals surface area contributed by atoms with Crippen LogP contribution in [-0.2, 0) is 27.3 Å². The Morgan fingerprint density at radius 1 is 1.30 bits per heavy atom. The van der Waals surface area contributed by atoms with Crippen molar-refractivity contribution in [3.8, 4) is 0 Å². The Bertz CT molecular complexity index is 542. The van der Waals surface area contributed by atoms with Crippen LogP contribution in [0, 0.1) is 11.3 Å². The average Bonchev–Trinajstić information content (AvgIpc) is 2.73. The van der Waals surface area contributed by atoms with Gasteiger partial charge >= 0.3 is 0 Å². The zero-order valence-corrected chi connectivity index (χ0v) is 11.9. The highest BCUT2D eigenvalue weighted by atomic mass is 16.2. The topological polar surface area (TPSA) is 94.8 Å². The van der Waals surface area contributed by atoms with Crippen molar-refractivity contribution in [1.29, 1.82) is 0 Å². The minimum Gasteiger partial charge on any atom is -0.298 e. The number of carbonyl (C=O) groups excluding carboxylic acids is 3. The third kappa shape index (κ3) is 2.97. The van der Waals surface area contributed by atoms with E-state index in [-0.39, 0.29) is 42.1 Å². The fraction of sp³-hybridized carbons (Fsp3) is 0.692. The van der Waals surface area contributed by atoms with E-state index in [1.807, 2.05) is 20.8 Å². The number of nitrogens with zero attached hydrogens (tertiary/aromatic N) is 4. The standard InChI is InChI=1S/C13H18N4O3/c1-4-17-15-11(14-16-17)5-8(18)12-9(19)6-13(2,3)7-10(12)20/h12H,4-7H2,1-3H3. The number of ketones is 3. The average molecular weight is 278 g/mol. The van der Waals surface area contributed by atoms with E-state index >= 15 is 0 Å². The molecule has 0 radical (unpaired) electrons. The zero-order valence-electron chi connectivity index (χ0n) is 11.9. The van der Waals surface area contributed by atoms with Crippen LogP contribution in [0.25, 0.3) is 0 Å². The molecule has 20 heavy (non-hydrogen) atoms. The van der Waals surface area contributed by atoms with Gasteiger partial charge in [0.15, 0.2) is 23.2 Å². The molecular weight excluding hydrogens is 260 g/mol. The van der Waals surface area contributed by atoms with E-state index in [1.54, 1.807) is 0 Å². The highest BCUT2D eigenvalue weighted by molar-refractivity contribution is 6.21. The normalized spacial score (nSPS) is 19.4. The van der Waals surface area contributed by atoms with E-state index in [4.69, 9.17) is 0 Å². The van der Waals surface area contributed by atoms with Gasteiger partial charge in [0.25, 0.3) is 0 Å². The van der Waals surface area contributed by atoms with Crippen LogP contribution in [0.5, 0.6) is 0 Å². The predicted octanol–water partition coefficient (Wildman–Crippen LogP) is 0.379. The van der Waals surface area contributed by atoms with Crippen molar-refractivity contribution in [2.24, 2.45) is 11.3 Å². The lowest BCUT2D eigenvalue weighted by Crippen LogP contribution is -2.42. The summed E-state index contributed by atoms with van der Waals surface area (Å²) in [6.07, 6.45) is 0.386.